The Morgan fingerprint density at radius 1 is 1.39 bits per heavy atom. The third kappa shape index (κ3) is 3.99. The zero-order valence-corrected chi connectivity index (χ0v) is 10.4. The van der Waals surface area contributed by atoms with Crippen LogP contribution in [0.15, 0.2) is 0 Å². The maximum Gasteiger partial charge on any atom is 0.322 e. The summed E-state index contributed by atoms with van der Waals surface area (Å²) in [5.41, 5.74) is 5.23. The molecule has 0 radical (unpaired) electrons. The smallest absolute Gasteiger partial charge is 0.322 e. The van der Waals surface area contributed by atoms with Crippen LogP contribution in [0.2, 0.25) is 0 Å². The van der Waals surface area contributed by atoms with Crippen LogP contribution in [0.5, 0.6) is 0 Å². The summed E-state index contributed by atoms with van der Waals surface area (Å²) in [4.78, 5) is 34.9. The second kappa shape index (κ2) is 6.34. The van der Waals surface area contributed by atoms with Crippen LogP contribution >= 0.6 is 0 Å². The number of amides is 2. The second-order valence-corrected chi connectivity index (χ2v) is 4.50. The number of carboxylic acid groups (broad SMARTS) is 1. The molecule has 2 amide bonds. The fourth-order valence-electron chi connectivity index (χ4n) is 2.05. The second-order valence-electron chi connectivity index (χ2n) is 4.50. The predicted octanol–water partition coefficient (Wildman–Crippen LogP) is -1.23. The van der Waals surface area contributed by atoms with Crippen LogP contribution in [0.3, 0.4) is 0 Å². The molecular formula is C11H19N3O4. The summed E-state index contributed by atoms with van der Waals surface area (Å²) < 4.78 is 0. The van der Waals surface area contributed by atoms with Gasteiger partial charge in [0.05, 0.1) is 6.04 Å². The van der Waals surface area contributed by atoms with Crippen molar-refractivity contribution in [2.45, 2.75) is 25.8 Å². The van der Waals surface area contributed by atoms with Crippen molar-refractivity contribution < 1.29 is 19.5 Å². The van der Waals surface area contributed by atoms with Crippen molar-refractivity contribution in [3.8, 4) is 0 Å². The van der Waals surface area contributed by atoms with Crippen LogP contribution in [-0.4, -0.2) is 53.5 Å². The Morgan fingerprint density at radius 3 is 2.39 bits per heavy atom. The lowest BCUT2D eigenvalue weighted by atomic mass is 9.95. The van der Waals surface area contributed by atoms with Crippen molar-refractivity contribution in [3.05, 3.63) is 0 Å². The average Bonchev–Trinajstić information content (AvgIpc) is 2.35. The Labute approximate surface area is 105 Å². The van der Waals surface area contributed by atoms with Gasteiger partial charge in [-0.3, -0.25) is 19.3 Å². The largest absolute Gasteiger partial charge is 0.480 e. The van der Waals surface area contributed by atoms with Gasteiger partial charge in [-0.15, -0.1) is 0 Å². The molecule has 1 aliphatic heterocycles. The lowest BCUT2D eigenvalue weighted by Crippen LogP contribution is -2.50. The quantitative estimate of drug-likeness (QED) is 0.571. The third-order valence-corrected chi connectivity index (χ3v) is 3.27. The molecule has 1 saturated heterocycles. The van der Waals surface area contributed by atoms with E-state index in [0.29, 0.717) is 25.9 Å². The highest BCUT2D eigenvalue weighted by Crippen LogP contribution is 2.18. The molecule has 18 heavy (non-hydrogen) atoms. The van der Waals surface area contributed by atoms with Crippen molar-refractivity contribution in [2.24, 2.45) is 11.7 Å². The maximum absolute atomic E-state index is 11.7. The number of carbonyl (C=O) groups is 3. The van der Waals surface area contributed by atoms with Gasteiger partial charge >= 0.3 is 5.97 Å². The molecule has 0 aromatic heterocycles. The molecule has 1 unspecified atom stereocenters. The summed E-state index contributed by atoms with van der Waals surface area (Å²) >= 11 is 0. The van der Waals surface area contributed by atoms with E-state index in [0.717, 1.165) is 0 Å². The molecule has 0 bridgehead atoms. The molecule has 0 aromatic rings. The third-order valence-electron chi connectivity index (χ3n) is 3.27. The normalized spacial score (nSPS) is 19.2. The number of rotatable bonds is 5. The lowest BCUT2D eigenvalue weighted by Gasteiger charge is -2.34. The van der Waals surface area contributed by atoms with Crippen molar-refractivity contribution in [2.75, 3.05) is 19.6 Å². The van der Waals surface area contributed by atoms with E-state index >= 15 is 0 Å². The minimum Gasteiger partial charge on any atom is -0.480 e. The molecule has 1 atom stereocenters. The van der Waals surface area contributed by atoms with Crippen molar-refractivity contribution in [1.29, 1.82) is 0 Å². The number of hydrogen-bond donors (Lipinski definition) is 3. The van der Waals surface area contributed by atoms with E-state index in [2.05, 4.69) is 5.32 Å². The summed E-state index contributed by atoms with van der Waals surface area (Å²) in [5, 5.41) is 10.8. The number of nitrogens with one attached hydrogen (secondary N) is 1. The molecular weight excluding hydrogens is 238 g/mol. The van der Waals surface area contributed by atoms with E-state index in [1.165, 1.54) is 0 Å². The van der Waals surface area contributed by atoms with Gasteiger partial charge in [-0.05, 0) is 32.9 Å². The van der Waals surface area contributed by atoms with Crippen molar-refractivity contribution in [3.63, 3.8) is 0 Å². The summed E-state index contributed by atoms with van der Waals surface area (Å²) in [7, 11) is 0. The Hall–Kier alpha value is -1.63. The standard InChI is InChI=1S/C11H19N3O4/c1-7(11(18)13-6-9(15)16)14-4-2-8(3-5-14)10(12)17/h7-8H,2-6H2,1H3,(H2,12,17)(H,13,18)(H,15,16). The first kappa shape index (κ1) is 14.4. The number of nitrogens with zero attached hydrogens (tertiary/aromatic N) is 1. The number of likely N-dealkylation sites (tertiary alicyclic amines) is 1. The van der Waals surface area contributed by atoms with Crippen molar-refractivity contribution >= 4 is 17.8 Å². The van der Waals surface area contributed by atoms with E-state index < -0.39 is 12.0 Å². The van der Waals surface area contributed by atoms with Gasteiger partial charge in [-0.1, -0.05) is 0 Å². The number of carbonyl (C=O) groups excluding carboxylic acids is 2. The number of carboxylic acids is 1. The molecule has 1 heterocycles. The molecule has 0 aliphatic carbocycles. The van der Waals surface area contributed by atoms with E-state index in [1.54, 1.807) is 6.92 Å². The van der Waals surface area contributed by atoms with Crippen LogP contribution in [0.1, 0.15) is 19.8 Å². The Balaban J connectivity index is 2.39. The van der Waals surface area contributed by atoms with E-state index in [9.17, 15) is 14.4 Å². The monoisotopic (exact) mass is 257 g/mol. The van der Waals surface area contributed by atoms with Gasteiger partial charge in [-0.25, -0.2) is 0 Å². The number of nitrogens with two attached hydrogens (primary N) is 1. The SMILES string of the molecule is CC(C(=O)NCC(=O)O)N1CCC(C(N)=O)CC1. The molecule has 1 rings (SSSR count). The fourth-order valence-corrected chi connectivity index (χ4v) is 2.05. The first-order valence-corrected chi connectivity index (χ1v) is 5.94. The molecule has 1 fully saturated rings. The van der Waals surface area contributed by atoms with Gasteiger partial charge in [-0.2, -0.15) is 0 Å². The Kier molecular flexibility index (Phi) is 5.08. The molecule has 102 valence electrons. The average molecular weight is 257 g/mol. The lowest BCUT2D eigenvalue weighted by molar-refractivity contribution is -0.139. The van der Waals surface area contributed by atoms with Crippen LogP contribution in [0.25, 0.3) is 0 Å². The summed E-state index contributed by atoms with van der Waals surface area (Å²) in [6, 6.07) is -0.391. The van der Waals surface area contributed by atoms with Crippen molar-refractivity contribution in [1.82, 2.24) is 10.2 Å². The number of piperidine rings is 1. The first-order valence-electron chi connectivity index (χ1n) is 5.94. The van der Waals surface area contributed by atoms with Gasteiger partial charge in [0.15, 0.2) is 0 Å². The highest BCUT2D eigenvalue weighted by Gasteiger charge is 2.28. The number of hydrogen-bond acceptors (Lipinski definition) is 4. The summed E-state index contributed by atoms with van der Waals surface area (Å²) in [6.07, 6.45) is 1.29. The minimum atomic E-state index is -1.07. The molecule has 0 aromatic carbocycles. The highest BCUT2D eigenvalue weighted by molar-refractivity contribution is 5.85. The van der Waals surface area contributed by atoms with E-state index in [-0.39, 0.29) is 24.3 Å². The van der Waals surface area contributed by atoms with Crippen LogP contribution in [0, 0.1) is 5.92 Å². The van der Waals surface area contributed by atoms with Crippen LogP contribution in [-0.2, 0) is 14.4 Å². The van der Waals surface area contributed by atoms with Crippen LogP contribution < -0.4 is 11.1 Å². The molecule has 4 N–H and O–H groups in total. The Bertz CT molecular complexity index is 337. The first-order chi connectivity index (χ1) is 8.41. The fraction of sp³-hybridized carbons (Fsp3) is 0.727. The predicted molar refractivity (Wildman–Crippen MR) is 63.6 cm³/mol. The van der Waals surface area contributed by atoms with Gasteiger partial charge in [0.1, 0.15) is 6.54 Å². The topological polar surface area (TPSA) is 113 Å². The molecule has 0 spiro atoms. The summed E-state index contributed by atoms with van der Waals surface area (Å²) in [6.45, 7) is 2.59. The van der Waals surface area contributed by atoms with Gasteiger partial charge in [0.2, 0.25) is 11.8 Å². The Morgan fingerprint density at radius 2 is 1.94 bits per heavy atom. The molecule has 1 aliphatic rings. The molecule has 7 heteroatoms. The number of aliphatic carboxylic acids is 1. The van der Waals surface area contributed by atoms with E-state index in [1.807, 2.05) is 4.90 Å². The van der Waals surface area contributed by atoms with Gasteiger partial charge in [0.25, 0.3) is 0 Å². The van der Waals surface area contributed by atoms with E-state index in [4.69, 9.17) is 10.8 Å². The van der Waals surface area contributed by atoms with Crippen LogP contribution in [0.4, 0.5) is 0 Å². The zero-order chi connectivity index (χ0) is 13.7. The maximum atomic E-state index is 11.7. The molecule has 0 saturated carbocycles. The van der Waals surface area contributed by atoms with Gasteiger partial charge in [0, 0.05) is 5.92 Å². The number of primary amides is 1. The highest BCUT2D eigenvalue weighted by atomic mass is 16.4. The summed E-state index contributed by atoms with van der Waals surface area (Å²) in [5.74, 6) is -1.79. The minimum absolute atomic E-state index is 0.115. The zero-order valence-electron chi connectivity index (χ0n) is 10.4. The molecule has 7 nitrogen and oxygen atoms in total. The van der Waals surface area contributed by atoms with Gasteiger partial charge < -0.3 is 16.2 Å².